The summed E-state index contributed by atoms with van der Waals surface area (Å²) in [5.74, 6) is 1.51. The predicted octanol–water partition coefficient (Wildman–Crippen LogP) is 1.30. The van der Waals surface area contributed by atoms with Gasteiger partial charge in [0.15, 0.2) is 0 Å². The van der Waals surface area contributed by atoms with Crippen LogP contribution in [0, 0.1) is 11.3 Å². The van der Waals surface area contributed by atoms with E-state index in [0.717, 1.165) is 32.5 Å². The van der Waals surface area contributed by atoms with Crippen molar-refractivity contribution in [1.82, 2.24) is 19.8 Å². The summed E-state index contributed by atoms with van der Waals surface area (Å²) in [5.41, 5.74) is -0.0612. The maximum atomic E-state index is 13.3. The number of amides is 2. The summed E-state index contributed by atoms with van der Waals surface area (Å²) in [4.78, 5) is 40.7. The van der Waals surface area contributed by atoms with E-state index in [0.29, 0.717) is 56.3 Å². The molecule has 0 aromatic carbocycles. The Morgan fingerprint density at radius 2 is 1.87 bits per heavy atom. The normalized spacial score (nSPS) is 26.5. The monoisotopic (exact) mass is 413 g/mol. The number of likely N-dealkylation sites (tertiary alicyclic amines) is 2. The smallest absolute Gasteiger partial charge is 0.274 e. The number of aromatic nitrogens is 2. The molecule has 1 aromatic heterocycles. The largest absolute Gasteiger partial charge is 0.391 e. The molecule has 162 valence electrons. The second-order valence-corrected chi connectivity index (χ2v) is 9.54. The molecule has 8 heteroatoms. The molecule has 5 rings (SSSR count). The van der Waals surface area contributed by atoms with Gasteiger partial charge in [-0.2, -0.15) is 0 Å². The first-order valence-electron chi connectivity index (χ1n) is 11.4. The quantitative estimate of drug-likeness (QED) is 0.800. The van der Waals surface area contributed by atoms with Gasteiger partial charge in [0.25, 0.3) is 5.91 Å². The highest BCUT2D eigenvalue weighted by molar-refractivity contribution is 5.92. The second kappa shape index (κ2) is 7.80. The first-order valence-corrected chi connectivity index (χ1v) is 11.4. The van der Waals surface area contributed by atoms with Crippen molar-refractivity contribution in [2.45, 2.75) is 51.0 Å². The summed E-state index contributed by atoms with van der Waals surface area (Å²) in [6, 6.07) is 0. The fourth-order valence-electron chi connectivity index (χ4n) is 5.32. The van der Waals surface area contributed by atoms with Crippen molar-refractivity contribution in [3.63, 3.8) is 0 Å². The topological polar surface area (TPSA) is 89.9 Å². The van der Waals surface area contributed by atoms with Crippen LogP contribution in [-0.2, 0) is 4.79 Å². The minimum absolute atomic E-state index is 0.0448. The lowest BCUT2D eigenvalue weighted by Gasteiger charge is -2.48. The molecule has 1 aromatic rings. The summed E-state index contributed by atoms with van der Waals surface area (Å²) in [5, 5.41) is 10.5. The van der Waals surface area contributed by atoms with E-state index in [-0.39, 0.29) is 11.8 Å². The van der Waals surface area contributed by atoms with Gasteiger partial charge in [-0.15, -0.1) is 0 Å². The molecule has 30 heavy (non-hydrogen) atoms. The molecule has 1 N–H and O–H groups in total. The molecule has 1 aliphatic carbocycles. The molecule has 2 amide bonds. The molecule has 4 fully saturated rings. The Morgan fingerprint density at radius 3 is 2.57 bits per heavy atom. The zero-order valence-corrected chi connectivity index (χ0v) is 17.5. The molecule has 3 aliphatic heterocycles. The van der Waals surface area contributed by atoms with Crippen molar-refractivity contribution in [2.24, 2.45) is 11.3 Å². The summed E-state index contributed by atoms with van der Waals surface area (Å²) < 4.78 is 0. The minimum atomic E-state index is -0.459. The Bertz CT molecular complexity index is 811. The van der Waals surface area contributed by atoms with Gasteiger partial charge in [-0.05, 0) is 50.9 Å². The molecule has 4 heterocycles. The van der Waals surface area contributed by atoms with Gasteiger partial charge in [0.05, 0.1) is 23.9 Å². The summed E-state index contributed by atoms with van der Waals surface area (Å²) in [7, 11) is 0. The van der Waals surface area contributed by atoms with Gasteiger partial charge in [-0.1, -0.05) is 0 Å². The number of aliphatic hydroxyl groups excluding tert-OH is 1. The fourth-order valence-corrected chi connectivity index (χ4v) is 5.32. The SMILES string of the molecule is O=C(c1cncc(N2CCC3(CC2)CC(O)CN(CC2CC2)C3=O)n1)N1CCCC1. The van der Waals surface area contributed by atoms with E-state index >= 15 is 0 Å². The van der Waals surface area contributed by atoms with Crippen LogP contribution in [0.15, 0.2) is 12.4 Å². The van der Waals surface area contributed by atoms with Gasteiger partial charge < -0.3 is 19.8 Å². The van der Waals surface area contributed by atoms with Gasteiger partial charge in [-0.3, -0.25) is 14.6 Å². The van der Waals surface area contributed by atoms with Gasteiger partial charge in [0, 0.05) is 39.3 Å². The first-order chi connectivity index (χ1) is 14.5. The molecule has 4 aliphatic rings. The number of carbonyl (C=O) groups is 2. The number of aliphatic hydroxyl groups is 1. The van der Waals surface area contributed by atoms with Crippen LogP contribution in [0.3, 0.4) is 0 Å². The third-order valence-electron chi connectivity index (χ3n) is 7.25. The van der Waals surface area contributed by atoms with E-state index in [4.69, 9.17) is 0 Å². The maximum absolute atomic E-state index is 13.3. The Balaban J connectivity index is 1.27. The van der Waals surface area contributed by atoms with Crippen LogP contribution in [0.5, 0.6) is 0 Å². The molecule has 1 atom stereocenters. The van der Waals surface area contributed by atoms with Gasteiger partial charge in [-0.25, -0.2) is 4.98 Å². The van der Waals surface area contributed by atoms with Crippen LogP contribution in [0.4, 0.5) is 5.82 Å². The Labute approximate surface area is 177 Å². The van der Waals surface area contributed by atoms with Gasteiger partial charge in [0.2, 0.25) is 5.91 Å². The highest BCUT2D eigenvalue weighted by Gasteiger charge is 2.49. The van der Waals surface area contributed by atoms with Crippen LogP contribution in [0.25, 0.3) is 0 Å². The highest BCUT2D eigenvalue weighted by Crippen LogP contribution is 2.43. The van der Waals surface area contributed by atoms with E-state index in [1.54, 1.807) is 12.4 Å². The van der Waals surface area contributed by atoms with Crippen LogP contribution >= 0.6 is 0 Å². The highest BCUT2D eigenvalue weighted by atomic mass is 16.3. The molecule has 0 radical (unpaired) electrons. The zero-order valence-electron chi connectivity index (χ0n) is 17.5. The average molecular weight is 414 g/mol. The van der Waals surface area contributed by atoms with E-state index in [1.807, 2.05) is 9.80 Å². The van der Waals surface area contributed by atoms with Crippen molar-refractivity contribution in [2.75, 3.05) is 44.2 Å². The van der Waals surface area contributed by atoms with Crippen LogP contribution < -0.4 is 4.90 Å². The number of hydrogen-bond donors (Lipinski definition) is 1. The summed E-state index contributed by atoms with van der Waals surface area (Å²) in [6.45, 7) is 4.23. The molecule has 1 unspecified atom stereocenters. The number of β-amino-alcohol motifs (C(OH)–C–C–N with tert-alkyl or cyclic N) is 1. The molecule has 1 spiro atoms. The molecule has 1 saturated carbocycles. The van der Waals surface area contributed by atoms with Crippen LogP contribution in [-0.4, -0.2) is 82.1 Å². The minimum Gasteiger partial charge on any atom is -0.391 e. The third kappa shape index (κ3) is 3.77. The van der Waals surface area contributed by atoms with Crippen molar-refractivity contribution < 1.29 is 14.7 Å². The van der Waals surface area contributed by atoms with Crippen LogP contribution in [0.1, 0.15) is 55.4 Å². The lowest BCUT2D eigenvalue weighted by Crippen LogP contribution is -2.58. The maximum Gasteiger partial charge on any atom is 0.274 e. The molecular weight excluding hydrogens is 382 g/mol. The lowest BCUT2D eigenvalue weighted by atomic mass is 9.71. The summed E-state index contributed by atoms with van der Waals surface area (Å²) >= 11 is 0. The second-order valence-electron chi connectivity index (χ2n) is 9.54. The van der Waals surface area contributed by atoms with Crippen LogP contribution in [0.2, 0.25) is 0 Å². The van der Waals surface area contributed by atoms with Gasteiger partial charge in [0.1, 0.15) is 11.5 Å². The lowest BCUT2D eigenvalue weighted by molar-refractivity contribution is -0.154. The third-order valence-corrected chi connectivity index (χ3v) is 7.25. The Morgan fingerprint density at radius 1 is 1.13 bits per heavy atom. The fraction of sp³-hybridized carbons (Fsp3) is 0.727. The first kappa shape index (κ1) is 19.7. The average Bonchev–Trinajstić information content (AvgIpc) is 3.40. The van der Waals surface area contributed by atoms with Gasteiger partial charge >= 0.3 is 0 Å². The Kier molecular flexibility index (Phi) is 5.13. The predicted molar refractivity (Wildman–Crippen MR) is 111 cm³/mol. The number of rotatable bonds is 4. The molecule has 0 bridgehead atoms. The van der Waals surface area contributed by atoms with E-state index in [1.165, 1.54) is 12.8 Å². The molecule has 3 saturated heterocycles. The van der Waals surface area contributed by atoms with E-state index in [9.17, 15) is 14.7 Å². The van der Waals surface area contributed by atoms with Crippen molar-refractivity contribution in [1.29, 1.82) is 0 Å². The number of piperidine rings is 2. The van der Waals surface area contributed by atoms with E-state index < -0.39 is 11.5 Å². The van der Waals surface area contributed by atoms with Crippen molar-refractivity contribution in [3.8, 4) is 0 Å². The van der Waals surface area contributed by atoms with Crippen molar-refractivity contribution >= 4 is 17.6 Å². The Hall–Kier alpha value is -2.22. The number of nitrogens with zero attached hydrogens (tertiary/aromatic N) is 5. The zero-order chi connectivity index (χ0) is 20.7. The molecular formula is C22H31N5O3. The summed E-state index contributed by atoms with van der Waals surface area (Å²) in [6.07, 6.45) is 9.27. The van der Waals surface area contributed by atoms with Crippen molar-refractivity contribution in [3.05, 3.63) is 18.1 Å². The molecule has 8 nitrogen and oxygen atoms in total. The van der Waals surface area contributed by atoms with E-state index in [2.05, 4.69) is 14.9 Å². The number of anilines is 1. The standard InChI is InChI=1S/C22H31N5O3/c28-17-11-22(21(30)27(15-17)14-16-3-4-16)5-9-25(10-6-22)19-13-23-12-18(24-19)20(29)26-7-1-2-8-26/h12-13,16-17,28H,1-11,14-15H2. The number of hydrogen-bond acceptors (Lipinski definition) is 6. The number of carbonyl (C=O) groups excluding carboxylic acids is 2.